The summed E-state index contributed by atoms with van der Waals surface area (Å²) >= 11 is 0. The third-order valence-electron chi connectivity index (χ3n) is 1.38. The van der Waals surface area contributed by atoms with Crippen LogP contribution in [0.2, 0.25) is 0 Å². The van der Waals surface area contributed by atoms with Gasteiger partial charge in [0, 0.05) is 0 Å². The topological polar surface area (TPSA) is 25.8 Å². The van der Waals surface area contributed by atoms with E-state index in [-0.39, 0.29) is 0 Å². The fourth-order valence-electron chi connectivity index (χ4n) is 0.695. The zero-order valence-electron chi connectivity index (χ0n) is 6.89. The van der Waals surface area contributed by atoms with E-state index < -0.39 is 11.9 Å². The zero-order chi connectivity index (χ0) is 10.1. The van der Waals surface area contributed by atoms with Gasteiger partial charge in [-0.1, -0.05) is 6.58 Å². The first-order chi connectivity index (χ1) is 5.91. The number of hydrogen-bond acceptors (Lipinski definition) is 2. The van der Waals surface area contributed by atoms with E-state index in [2.05, 4.69) is 16.5 Å². The minimum atomic E-state index is -4.43. The average molecular weight is 188 g/mol. The molecule has 0 fully saturated rings. The Morgan fingerprint density at radius 1 is 1.31 bits per heavy atom. The fourth-order valence-corrected chi connectivity index (χ4v) is 0.695. The van der Waals surface area contributed by atoms with Crippen LogP contribution in [0.4, 0.5) is 13.2 Å². The van der Waals surface area contributed by atoms with Crippen molar-refractivity contribution in [1.29, 1.82) is 0 Å². The summed E-state index contributed by atoms with van der Waals surface area (Å²) in [6.45, 7) is 5.18. The summed E-state index contributed by atoms with van der Waals surface area (Å²) in [5.74, 6) is 0. The van der Waals surface area contributed by atoms with Crippen LogP contribution in [0.15, 0.2) is 19.0 Å². The second-order valence-electron chi connectivity index (χ2n) is 2.56. The molecule has 5 heteroatoms. The van der Waals surface area contributed by atoms with Crippen LogP contribution >= 0.6 is 0 Å². The average Bonchev–Trinajstić information content (AvgIpc) is 2.03. The molecule has 1 aromatic heterocycles. The highest BCUT2D eigenvalue weighted by Gasteiger charge is 2.32. The molecule has 0 radical (unpaired) electrons. The monoisotopic (exact) mass is 188 g/mol. The van der Waals surface area contributed by atoms with Crippen molar-refractivity contribution < 1.29 is 13.2 Å². The van der Waals surface area contributed by atoms with Crippen molar-refractivity contribution in [3.05, 3.63) is 30.4 Å². The molecule has 0 aliphatic carbocycles. The van der Waals surface area contributed by atoms with Crippen molar-refractivity contribution >= 4 is 5.57 Å². The molecule has 0 spiro atoms. The number of allylic oxidation sites excluding steroid dienone is 1. The predicted molar refractivity (Wildman–Crippen MR) is 41.7 cm³/mol. The van der Waals surface area contributed by atoms with Gasteiger partial charge < -0.3 is 0 Å². The number of rotatable bonds is 1. The molecule has 0 bridgehead atoms. The van der Waals surface area contributed by atoms with Gasteiger partial charge in [0.15, 0.2) is 5.69 Å². The second kappa shape index (κ2) is 3.16. The van der Waals surface area contributed by atoms with Crippen LogP contribution in [-0.4, -0.2) is 9.97 Å². The number of hydrogen-bond donors (Lipinski definition) is 0. The summed E-state index contributed by atoms with van der Waals surface area (Å²) in [6.07, 6.45) is -2.67. The largest absolute Gasteiger partial charge is 0.434 e. The highest BCUT2D eigenvalue weighted by atomic mass is 19.4. The van der Waals surface area contributed by atoms with E-state index in [0.29, 0.717) is 17.5 Å². The van der Waals surface area contributed by atoms with E-state index in [1.54, 1.807) is 6.92 Å². The van der Waals surface area contributed by atoms with Gasteiger partial charge in [-0.2, -0.15) is 13.2 Å². The third-order valence-corrected chi connectivity index (χ3v) is 1.38. The van der Waals surface area contributed by atoms with E-state index in [1.807, 2.05) is 0 Å². The van der Waals surface area contributed by atoms with Gasteiger partial charge in [0.05, 0.1) is 18.1 Å². The Kier molecular flexibility index (Phi) is 2.36. The Labute approximate surface area is 73.1 Å². The summed E-state index contributed by atoms with van der Waals surface area (Å²) < 4.78 is 36.0. The molecule has 0 atom stereocenters. The number of alkyl halides is 3. The van der Waals surface area contributed by atoms with Gasteiger partial charge in [0.25, 0.3) is 0 Å². The second-order valence-corrected chi connectivity index (χ2v) is 2.56. The van der Waals surface area contributed by atoms with Crippen molar-refractivity contribution in [2.24, 2.45) is 0 Å². The predicted octanol–water partition coefficient (Wildman–Crippen LogP) is 2.53. The van der Waals surface area contributed by atoms with Gasteiger partial charge in [0.1, 0.15) is 0 Å². The summed E-state index contributed by atoms with van der Waals surface area (Å²) in [6, 6.07) is 0. The maximum absolute atomic E-state index is 12.0. The van der Waals surface area contributed by atoms with Crippen LogP contribution in [0, 0.1) is 0 Å². The van der Waals surface area contributed by atoms with Crippen molar-refractivity contribution in [3.8, 4) is 0 Å². The highest BCUT2D eigenvalue weighted by Crippen LogP contribution is 2.26. The lowest BCUT2D eigenvalue weighted by atomic mass is 10.2. The maximum Gasteiger partial charge on any atom is 0.434 e. The first-order valence-electron chi connectivity index (χ1n) is 3.46. The minimum absolute atomic E-state index is 0.369. The van der Waals surface area contributed by atoms with E-state index in [4.69, 9.17) is 0 Å². The van der Waals surface area contributed by atoms with E-state index in [0.717, 1.165) is 6.20 Å². The van der Waals surface area contributed by atoms with Gasteiger partial charge in [-0.3, -0.25) is 4.98 Å². The van der Waals surface area contributed by atoms with Gasteiger partial charge in [-0.25, -0.2) is 4.98 Å². The van der Waals surface area contributed by atoms with Gasteiger partial charge in [-0.05, 0) is 12.5 Å². The van der Waals surface area contributed by atoms with Crippen molar-refractivity contribution in [2.45, 2.75) is 13.1 Å². The molecular formula is C8H7F3N2. The zero-order valence-corrected chi connectivity index (χ0v) is 6.89. The molecule has 0 amide bonds. The number of aromatic nitrogens is 2. The smallest absolute Gasteiger partial charge is 0.253 e. The number of halogens is 3. The highest BCUT2D eigenvalue weighted by molar-refractivity contribution is 5.56. The molecule has 0 N–H and O–H groups in total. The van der Waals surface area contributed by atoms with Crippen LogP contribution in [0.3, 0.4) is 0 Å². The maximum atomic E-state index is 12.0. The molecule has 70 valence electrons. The van der Waals surface area contributed by atoms with Gasteiger partial charge in [0.2, 0.25) is 0 Å². The molecule has 0 aliphatic heterocycles. The Hall–Kier alpha value is -1.39. The lowest BCUT2D eigenvalue weighted by Gasteiger charge is -2.04. The van der Waals surface area contributed by atoms with E-state index in [9.17, 15) is 13.2 Å². The quantitative estimate of drug-likeness (QED) is 0.676. The Balaban J connectivity index is 3.01. The van der Waals surface area contributed by atoms with Crippen LogP contribution in [0.5, 0.6) is 0 Å². The standard InChI is InChI=1S/C8H7F3N2/c1-5(2)6-3-13-7(4-12-6)8(9,10)11/h3-4H,1H2,2H3. The first-order valence-corrected chi connectivity index (χ1v) is 3.46. The lowest BCUT2D eigenvalue weighted by molar-refractivity contribution is -0.141. The lowest BCUT2D eigenvalue weighted by Crippen LogP contribution is -2.08. The van der Waals surface area contributed by atoms with Crippen LogP contribution in [-0.2, 0) is 6.18 Å². The fraction of sp³-hybridized carbons (Fsp3) is 0.250. The van der Waals surface area contributed by atoms with Crippen molar-refractivity contribution in [2.75, 3.05) is 0 Å². The molecule has 0 aromatic carbocycles. The minimum Gasteiger partial charge on any atom is -0.253 e. The first kappa shape index (κ1) is 9.70. The molecule has 1 aromatic rings. The molecule has 2 nitrogen and oxygen atoms in total. The molecular weight excluding hydrogens is 181 g/mol. The molecule has 13 heavy (non-hydrogen) atoms. The van der Waals surface area contributed by atoms with E-state index in [1.165, 1.54) is 0 Å². The van der Waals surface area contributed by atoms with Crippen molar-refractivity contribution in [1.82, 2.24) is 9.97 Å². The summed E-state index contributed by atoms with van der Waals surface area (Å²) in [4.78, 5) is 6.79. The summed E-state index contributed by atoms with van der Waals surface area (Å²) in [7, 11) is 0. The van der Waals surface area contributed by atoms with Gasteiger partial charge in [-0.15, -0.1) is 0 Å². The molecule has 1 rings (SSSR count). The third kappa shape index (κ3) is 2.27. The van der Waals surface area contributed by atoms with Gasteiger partial charge >= 0.3 is 6.18 Å². The van der Waals surface area contributed by atoms with Crippen LogP contribution in [0.1, 0.15) is 18.3 Å². The van der Waals surface area contributed by atoms with Crippen LogP contribution < -0.4 is 0 Å². The van der Waals surface area contributed by atoms with Crippen molar-refractivity contribution in [3.63, 3.8) is 0 Å². The normalized spacial score (nSPS) is 11.4. The summed E-state index contributed by atoms with van der Waals surface area (Å²) in [5, 5.41) is 0. The molecule has 0 aliphatic rings. The van der Waals surface area contributed by atoms with E-state index >= 15 is 0 Å². The molecule has 1 heterocycles. The SMILES string of the molecule is C=C(C)c1cnc(C(F)(F)F)cn1. The molecule has 0 unspecified atom stereocenters. The molecule has 0 saturated carbocycles. The Morgan fingerprint density at radius 3 is 2.23 bits per heavy atom. The summed E-state index contributed by atoms with van der Waals surface area (Å²) in [5.41, 5.74) is -0.0354. The Morgan fingerprint density at radius 2 is 1.92 bits per heavy atom. The molecule has 0 saturated heterocycles. The number of nitrogens with zero attached hydrogens (tertiary/aromatic N) is 2. The Bertz CT molecular complexity index is 313. The van der Waals surface area contributed by atoms with Crippen LogP contribution in [0.25, 0.3) is 5.57 Å².